The Morgan fingerprint density at radius 3 is 2.10 bits per heavy atom. The molecular weight excluding hydrogens is 370 g/mol. The summed E-state index contributed by atoms with van der Waals surface area (Å²) in [5, 5.41) is 10.6. The third kappa shape index (κ3) is 12.2. The molecule has 0 bridgehead atoms. The van der Waals surface area contributed by atoms with Crippen molar-refractivity contribution in [2.75, 3.05) is 14.1 Å². The van der Waals surface area contributed by atoms with Crippen molar-refractivity contribution in [1.82, 2.24) is 5.32 Å². The van der Waals surface area contributed by atoms with Gasteiger partial charge in [0.1, 0.15) is 0 Å². The van der Waals surface area contributed by atoms with Crippen molar-refractivity contribution < 1.29 is 9.90 Å². The molecule has 0 atom stereocenters. The predicted molar refractivity (Wildman–Crippen MR) is 131 cm³/mol. The Kier molecular flexibility index (Phi) is 16.2. The van der Waals surface area contributed by atoms with E-state index in [0.29, 0.717) is 0 Å². The van der Waals surface area contributed by atoms with E-state index in [1.807, 2.05) is 14.1 Å². The number of carboxylic acid groups (broad SMARTS) is 1. The molecule has 0 aliphatic heterocycles. The van der Waals surface area contributed by atoms with Gasteiger partial charge in [-0.05, 0) is 88.6 Å². The predicted octanol–water partition coefficient (Wildman–Crippen LogP) is 7.28. The highest BCUT2D eigenvalue weighted by atomic mass is 16.4. The van der Waals surface area contributed by atoms with Gasteiger partial charge in [-0.25, -0.2) is 4.79 Å². The van der Waals surface area contributed by atoms with Crippen LogP contribution in [-0.2, 0) is 11.2 Å². The van der Waals surface area contributed by atoms with Crippen LogP contribution in [0.5, 0.6) is 0 Å². The number of nitrogens with one attached hydrogen (secondary N) is 1. The molecule has 0 spiro atoms. The maximum atomic E-state index is 9.60. The Morgan fingerprint density at radius 1 is 1.10 bits per heavy atom. The van der Waals surface area contributed by atoms with Crippen LogP contribution in [0.25, 0.3) is 0 Å². The van der Waals surface area contributed by atoms with E-state index < -0.39 is 5.97 Å². The van der Waals surface area contributed by atoms with E-state index in [0.717, 1.165) is 11.8 Å². The molecule has 1 aliphatic carbocycles. The van der Waals surface area contributed by atoms with Gasteiger partial charge in [-0.1, -0.05) is 70.7 Å². The van der Waals surface area contributed by atoms with Crippen molar-refractivity contribution in [3.8, 4) is 0 Å². The molecule has 172 valence electrons. The minimum atomic E-state index is -0.935. The average Bonchev–Trinajstić information content (AvgIpc) is 2.71. The van der Waals surface area contributed by atoms with Crippen molar-refractivity contribution in [1.29, 1.82) is 0 Å². The van der Waals surface area contributed by atoms with Gasteiger partial charge in [0.2, 0.25) is 0 Å². The number of hydrogen-bond donors (Lipinski definition) is 2. The zero-order valence-corrected chi connectivity index (χ0v) is 20.5. The van der Waals surface area contributed by atoms with Crippen LogP contribution >= 0.6 is 0 Å². The molecule has 3 heteroatoms. The summed E-state index contributed by atoms with van der Waals surface area (Å²) in [5.41, 5.74) is 4.85. The van der Waals surface area contributed by atoms with Gasteiger partial charge in [-0.3, -0.25) is 0 Å². The molecule has 0 amide bonds. The zero-order valence-electron chi connectivity index (χ0n) is 20.5. The first-order valence-electron chi connectivity index (χ1n) is 11.9. The first-order valence-corrected chi connectivity index (χ1v) is 11.9. The van der Waals surface area contributed by atoms with Crippen molar-refractivity contribution in [3.63, 3.8) is 0 Å². The number of aliphatic carboxylic acids is 1. The van der Waals surface area contributed by atoms with Crippen LogP contribution in [-0.4, -0.2) is 25.2 Å². The van der Waals surface area contributed by atoms with E-state index in [4.69, 9.17) is 5.11 Å². The summed E-state index contributed by atoms with van der Waals surface area (Å²) in [6.45, 7) is 11.5. The van der Waals surface area contributed by atoms with E-state index in [1.165, 1.54) is 76.7 Å². The average molecular weight is 418 g/mol. The molecule has 1 aliphatic rings. The van der Waals surface area contributed by atoms with E-state index in [1.54, 1.807) is 11.1 Å². The second kappa shape index (κ2) is 17.1. The van der Waals surface area contributed by atoms with Gasteiger partial charge < -0.3 is 10.4 Å². The number of carbonyl (C=O) groups is 1. The fourth-order valence-electron chi connectivity index (χ4n) is 3.99. The van der Waals surface area contributed by atoms with Crippen LogP contribution in [0.2, 0.25) is 0 Å². The fraction of sp³-hybridized carbons (Fsp3) is 0.667. The largest absolute Gasteiger partial charge is 0.478 e. The summed E-state index contributed by atoms with van der Waals surface area (Å²) < 4.78 is 0. The number of hydrogen-bond acceptors (Lipinski definition) is 2. The van der Waals surface area contributed by atoms with Crippen molar-refractivity contribution in [2.45, 2.75) is 97.8 Å². The third-order valence-corrected chi connectivity index (χ3v) is 5.79. The molecule has 1 aromatic rings. The summed E-state index contributed by atoms with van der Waals surface area (Å²) in [4.78, 5) is 9.60. The molecule has 1 aromatic carbocycles. The number of benzene rings is 1. The lowest BCUT2D eigenvalue weighted by atomic mass is 9.76. The Hall–Kier alpha value is -1.61. The highest BCUT2D eigenvalue weighted by Crippen LogP contribution is 2.38. The first kappa shape index (κ1) is 28.4. The van der Waals surface area contributed by atoms with E-state index in [2.05, 4.69) is 50.9 Å². The summed E-state index contributed by atoms with van der Waals surface area (Å²) in [5.74, 6) is 0.921. The van der Waals surface area contributed by atoms with Gasteiger partial charge in [0.25, 0.3) is 0 Å². The Balaban J connectivity index is 0.000000791. The van der Waals surface area contributed by atoms with Crippen LogP contribution in [0.3, 0.4) is 0 Å². The van der Waals surface area contributed by atoms with Gasteiger partial charge in [-0.2, -0.15) is 0 Å². The number of aryl methyl sites for hydroxylation is 2. The van der Waals surface area contributed by atoms with Crippen LogP contribution in [0.4, 0.5) is 0 Å². The third-order valence-electron chi connectivity index (χ3n) is 5.79. The van der Waals surface area contributed by atoms with Crippen LogP contribution in [0.15, 0.2) is 30.4 Å². The van der Waals surface area contributed by atoms with Gasteiger partial charge in [0.15, 0.2) is 0 Å². The van der Waals surface area contributed by atoms with E-state index in [9.17, 15) is 4.79 Å². The first-order chi connectivity index (χ1) is 14.3. The van der Waals surface area contributed by atoms with Crippen LogP contribution < -0.4 is 5.32 Å². The second-order valence-electron chi connectivity index (χ2n) is 8.73. The summed E-state index contributed by atoms with van der Waals surface area (Å²) in [6, 6.07) is 7.29. The SMILES string of the molecule is C=C(C)C(=O)O.CCCCCC1CCC(c2ccc(CCC)c(C)c2)CC1.CNC. The molecule has 0 unspecified atom stereocenters. The van der Waals surface area contributed by atoms with Gasteiger partial charge in [0, 0.05) is 5.57 Å². The lowest BCUT2D eigenvalue weighted by molar-refractivity contribution is -0.132. The standard InChI is InChI=1S/C21H34.C4H6O2.C2H7N/c1-4-6-7-9-18-10-12-20(13-11-18)21-15-14-19(8-5-2)17(3)16-21;1-3(2)4(5)6;1-3-2/h14-16,18,20H,4-13H2,1-3H3;1H2,2H3,(H,5,6);3H,1-2H3. The maximum Gasteiger partial charge on any atom is 0.330 e. The lowest BCUT2D eigenvalue weighted by Gasteiger charge is -2.29. The maximum absolute atomic E-state index is 9.60. The topological polar surface area (TPSA) is 49.3 Å². The molecule has 3 nitrogen and oxygen atoms in total. The molecule has 0 radical (unpaired) electrons. The van der Waals surface area contributed by atoms with Gasteiger partial charge in [0.05, 0.1) is 0 Å². The fourth-order valence-corrected chi connectivity index (χ4v) is 3.99. The molecule has 2 N–H and O–H groups in total. The van der Waals surface area contributed by atoms with Crippen molar-refractivity contribution in [2.24, 2.45) is 5.92 Å². The minimum Gasteiger partial charge on any atom is -0.478 e. The molecule has 1 saturated carbocycles. The van der Waals surface area contributed by atoms with Crippen LogP contribution in [0.1, 0.15) is 101 Å². The van der Waals surface area contributed by atoms with Crippen molar-refractivity contribution in [3.05, 3.63) is 47.0 Å². The Labute approximate surface area is 186 Å². The smallest absolute Gasteiger partial charge is 0.330 e. The monoisotopic (exact) mass is 417 g/mol. The molecule has 0 heterocycles. The number of unbranched alkanes of at least 4 members (excludes halogenated alkanes) is 2. The molecule has 0 aromatic heterocycles. The lowest BCUT2D eigenvalue weighted by Crippen LogP contribution is -2.13. The quantitative estimate of drug-likeness (QED) is 0.345. The molecule has 30 heavy (non-hydrogen) atoms. The summed E-state index contributed by atoms with van der Waals surface area (Å²) in [7, 11) is 3.75. The highest BCUT2D eigenvalue weighted by Gasteiger charge is 2.22. The van der Waals surface area contributed by atoms with Gasteiger partial charge in [-0.15, -0.1) is 0 Å². The Bertz CT molecular complexity index is 589. The number of rotatable bonds is 8. The molecular formula is C27H47NO2. The summed E-state index contributed by atoms with van der Waals surface area (Å²) >= 11 is 0. The van der Waals surface area contributed by atoms with Crippen LogP contribution in [0, 0.1) is 12.8 Å². The van der Waals surface area contributed by atoms with Gasteiger partial charge >= 0.3 is 5.97 Å². The molecule has 0 saturated heterocycles. The second-order valence-corrected chi connectivity index (χ2v) is 8.73. The minimum absolute atomic E-state index is 0.176. The summed E-state index contributed by atoms with van der Waals surface area (Å²) in [6.07, 6.45) is 14.0. The zero-order chi connectivity index (χ0) is 22.9. The van der Waals surface area contributed by atoms with E-state index >= 15 is 0 Å². The Morgan fingerprint density at radius 2 is 1.67 bits per heavy atom. The molecule has 1 fully saturated rings. The number of carboxylic acids is 1. The normalized spacial score (nSPS) is 17.8. The molecule has 2 rings (SSSR count). The van der Waals surface area contributed by atoms with Crippen molar-refractivity contribution >= 4 is 5.97 Å². The highest BCUT2D eigenvalue weighted by molar-refractivity contribution is 5.84. The van der Waals surface area contributed by atoms with E-state index in [-0.39, 0.29) is 5.57 Å².